The van der Waals surface area contributed by atoms with Crippen LogP contribution in [0.2, 0.25) is 0 Å². The standard InChI is InChI=1S/C14H24N4O4/c1-4-10(2)15-12(19)9-11(3)16-17-13(20)14(21)18-5-7-22-8-6-18/h10H,4-9H2,1-3H3,(H,15,19)(H,17,20)/b16-11+. The SMILES string of the molecule is CCC(C)NC(=O)C/C(C)=N/NC(=O)C(=O)N1CCOCC1. The molecule has 8 heteroatoms. The summed E-state index contributed by atoms with van der Waals surface area (Å²) < 4.78 is 5.11. The zero-order valence-corrected chi connectivity index (χ0v) is 13.3. The van der Waals surface area contributed by atoms with Crippen LogP contribution in [0.15, 0.2) is 5.10 Å². The maximum Gasteiger partial charge on any atom is 0.329 e. The van der Waals surface area contributed by atoms with E-state index >= 15 is 0 Å². The maximum absolute atomic E-state index is 11.8. The molecule has 1 aliphatic heterocycles. The number of carbonyl (C=O) groups excluding carboxylic acids is 3. The van der Waals surface area contributed by atoms with Gasteiger partial charge in [0.15, 0.2) is 0 Å². The summed E-state index contributed by atoms with van der Waals surface area (Å²) in [5, 5.41) is 6.59. The Morgan fingerprint density at radius 3 is 2.50 bits per heavy atom. The summed E-state index contributed by atoms with van der Waals surface area (Å²) in [5.74, 6) is -1.60. The number of morpholine rings is 1. The van der Waals surface area contributed by atoms with E-state index in [1.165, 1.54) is 4.90 Å². The van der Waals surface area contributed by atoms with E-state index in [0.29, 0.717) is 32.0 Å². The van der Waals surface area contributed by atoms with Gasteiger partial charge in [-0.2, -0.15) is 5.10 Å². The van der Waals surface area contributed by atoms with Crippen LogP contribution in [-0.2, 0) is 19.1 Å². The Kier molecular flexibility index (Phi) is 7.51. The van der Waals surface area contributed by atoms with Gasteiger partial charge in [-0.15, -0.1) is 0 Å². The molecule has 1 heterocycles. The Morgan fingerprint density at radius 2 is 1.91 bits per heavy atom. The number of nitrogens with one attached hydrogen (secondary N) is 2. The number of rotatable bonds is 5. The normalized spacial score (nSPS) is 16.9. The molecule has 2 N–H and O–H groups in total. The van der Waals surface area contributed by atoms with Crippen molar-refractivity contribution in [3.8, 4) is 0 Å². The second-order valence-electron chi connectivity index (χ2n) is 5.25. The highest BCUT2D eigenvalue weighted by Crippen LogP contribution is 1.97. The maximum atomic E-state index is 11.8. The van der Waals surface area contributed by atoms with E-state index in [9.17, 15) is 14.4 Å². The molecule has 0 spiro atoms. The van der Waals surface area contributed by atoms with Gasteiger partial charge in [0.05, 0.1) is 19.6 Å². The molecule has 3 amide bonds. The molecule has 1 saturated heterocycles. The van der Waals surface area contributed by atoms with Crippen molar-refractivity contribution in [1.82, 2.24) is 15.6 Å². The van der Waals surface area contributed by atoms with Crippen molar-refractivity contribution in [3.63, 3.8) is 0 Å². The first-order chi connectivity index (χ1) is 10.4. The zero-order valence-electron chi connectivity index (χ0n) is 13.3. The Bertz CT molecular complexity index is 444. The molecule has 124 valence electrons. The minimum Gasteiger partial charge on any atom is -0.378 e. The van der Waals surface area contributed by atoms with Crippen molar-refractivity contribution in [2.75, 3.05) is 26.3 Å². The van der Waals surface area contributed by atoms with Gasteiger partial charge in [-0.1, -0.05) is 6.92 Å². The molecular weight excluding hydrogens is 288 g/mol. The molecule has 1 rings (SSSR count). The highest BCUT2D eigenvalue weighted by Gasteiger charge is 2.23. The first-order valence-electron chi connectivity index (χ1n) is 7.43. The van der Waals surface area contributed by atoms with E-state index < -0.39 is 11.8 Å². The Labute approximate surface area is 130 Å². The molecule has 0 radical (unpaired) electrons. The minimum absolute atomic E-state index is 0.0797. The number of amides is 3. The molecule has 0 aromatic rings. The van der Waals surface area contributed by atoms with E-state index in [1.54, 1.807) is 6.92 Å². The summed E-state index contributed by atoms with van der Waals surface area (Å²) in [6.45, 7) is 7.15. The largest absolute Gasteiger partial charge is 0.378 e. The van der Waals surface area contributed by atoms with E-state index in [4.69, 9.17) is 4.74 Å². The van der Waals surface area contributed by atoms with Crippen molar-refractivity contribution in [3.05, 3.63) is 0 Å². The molecular formula is C14H24N4O4. The molecule has 1 fully saturated rings. The van der Waals surface area contributed by atoms with Gasteiger partial charge in [-0.25, -0.2) is 5.43 Å². The third kappa shape index (κ3) is 6.21. The molecule has 1 aliphatic rings. The summed E-state index contributed by atoms with van der Waals surface area (Å²) in [5.41, 5.74) is 2.62. The van der Waals surface area contributed by atoms with Gasteiger partial charge in [0.2, 0.25) is 5.91 Å². The highest BCUT2D eigenvalue weighted by molar-refractivity contribution is 6.35. The minimum atomic E-state index is -0.802. The van der Waals surface area contributed by atoms with Gasteiger partial charge in [-0.3, -0.25) is 14.4 Å². The first-order valence-corrected chi connectivity index (χ1v) is 7.43. The number of nitrogens with zero attached hydrogens (tertiary/aromatic N) is 2. The molecule has 22 heavy (non-hydrogen) atoms. The summed E-state index contributed by atoms with van der Waals surface area (Å²) in [7, 11) is 0. The fourth-order valence-electron chi connectivity index (χ4n) is 1.80. The van der Waals surface area contributed by atoms with Crippen LogP contribution in [0.1, 0.15) is 33.6 Å². The summed E-state index contributed by atoms with van der Waals surface area (Å²) in [6.07, 6.45) is 0.920. The predicted molar refractivity (Wildman–Crippen MR) is 81.2 cm³/mol. The number of carbonyl (C=O) groups is 3. The fourth-order valence-corrected chi connectivity index (χ4v) is 1.80. The molecule has 0 aromatic carbocycles. The molecule has 8 nitrogen and oxygen atoms in total. The van der Waals surface area contributed by atoms with Gasteiger partial charge in [0, 0.05) is 24.8 Å². The van der Waals surface area contributed by atoms with Crippen LogP contribution in [0.4, 0.5) is 0 Å². The van der Waals surface area contributed by atoms with Crippen molar-refractivity contribution in [2.45, 2.75) is 39.7 Å². The van der Waals surface area contributed by atoms with Crippen LogP contribution in [0.5, 0.6) is 0 Å². The summed E-state index contributed by atoms with van der Waals surface area (Å²) >= 11 is 0. The van der Waals surface area contributed by atoms with Crippen LogP contribution < -0.4 is 10.7 Å². The second-order valence-corrected chi connectivity index (χ2v) is 5.25. The highest BCUT2D eigenvalue weighted by atomic mass is 16.5. The molecule has 1 unspecified atom stereocenters. The summed E-state index contributed by atoms with van der Waals surface area (Å²) in [4.78, 5) is 36.6. The average molecular weight is 312 g/mol. The van der Waals surface area contributed by atoms with Gasteiger partial charge in [0.25, 0.3) is 0 Å². The first kappa shape index (κ1) is 18.1. The number of hydrogen-bond acceptors (Lipinski definition) is 5. The third-order valence-electron chi connectivity index (χ3n) is 3.28. The molecule has 0 saturated carbocycles. The van der Waals surface area contributed by atoms with Crippen LogP contribution >= 0.6 is 0 Å². The van der Waals surface area contributed by atoms with Crippen LogP contribution in [-0.4, -0.2) is 60.7 Å². The lowest BCUT2D eigenvalue weighted by Crippen LogP contribution is -2.47. The molecule has 0 aromatic heterocycles. The van der Waals surface area contributed by atoms with E-state index in [-0.39, 0.29) is 18.4 Å². The monoisotopic (exact) mass is 312 g/mol. The number of hydrazone groups is 1. The second kappa shape index (κ2) is 9.14. The Balaban J connectivity index is 2.40. The Morgan fingerprint density at radius 1 is 1.27 bits per heavy atom. The van der Waals surface area contributed by atoms with Crippen molar-refractivity contribution in [2.24, 2.45) is 5.10 Å². The molecule has 0 bridgehead atoms. The number of hydrogen-bond donors (Lipinski definition) is 2. The quantitative estimate of drug-likeness (QED) is 0.411. The lowest BCUT2D eigenvalue weighted by Gasteiger charge is -2.25. The lowest BCUT2D eigenvalue weighted by atomic mass is 10.2. The van der Waals surface area contributed by atoms with Gasteiger partial charge in [0.1, 0.15) is 0 Å². The van der Waals surface area contributed by atoms with Crippen molar-refractivity contribution < 1.29 is 19.1 Å². The zero-order chi connectivity index (χ0) is 16.5. The average Bonchev–Trinajstić information content (AvgIpc) is 2.52. The fraction of sp³-hybridized carbons (Fsp3) is 0.714. The summed E-state index contributed by atoms with van der Waals surface area (Å²) in [6, 6.07) is 0.0952. The predicted octanol–water partition coefficient (Wildman–Crippen LogP) is -0.358. The number of ether oxygens (including phenoxy) is 1. The van der Waals surface area contributed by atoms with Gasteiger partial charge >= 0.3 is 11.8 Å². The van der Waals surface area contributed by atoms with Crippen LogP contribution in [0, 0.1) is 0 Å². The Hall–Kier alpha value is -1.96. The van der Waals surface area contributed by atoms with Crippen molar-refractivity contribution >= 4 is 23.4 Å². The van der Waals surface area contributed by atoms with Crippen molar-refractivity contribution in [1.29, 1.82) is 0 Å². The lowest BCUT2D eigenvalue weighted by molar-refractivity contribution is -0.148. The molecule has 1 atom stereocenters. The van der Waals surface area contributed by atoms with E-state index in [0.717, 1.165) is 6.42 Å². The van der Waals surface area contributed by atoms with E-state index in [2.05, 4.69) is 15.8 Å². The van der Waals surface area contributed by atoms with Crippen LogP contribution in [0.25, 0.3) is 0 Å². The van der Waals surface area contributed by atoms with Gasteiger partial charge < -0.3 is 15.0 Å². The third-order valence-corrected chi connectivity index (χ3v) is 3.28. The van der Waals surface area contributed by atoms with E-state index in [1.807, 2.05) is 13.8 Å². The smallest absolute Gasteiger partial charge is 0.329 e. The van der Waals surface area contributed by atoms with Gasteiger partial charge in [-0.05, 0) is 20.3 Å². The van der Waals surface area contributed by atoms with Crippen LogP contribution in [0.3, 0.4) is 0 Å². The topological polar surface area (TPSA) is 100 Å². The molecule has 0 aliphatic carbocycles.